The Kier molecular flexibility index (Phi) is 3.65. The maximum atomic E-state index is 13.0. The van der Waals surface area contributed by atoms with E-state index in [0.717, 1.165) is 31.3 Å². The second-order valence-corrected chi connectivity index (χ2v) is 6.10. The highest BCUT2D eigenvalue weighted by Crippen LogP contribution is 2.26. The second-order valence-electron chi connectivity index (χ2n) is 3.90. The fraction of sp³-hybridized carbons (Fsp3) is 0.500. The number of hydrogen-bond acceptors (Lipinski definition) is 3. The van der Waals surface area contributed by atoms with E-state index in [-0.39, 0.29) is 16.8 Å². The van der Waals surface area contributed by atoms with Gasteiger partial charge in [0.2, 0.25) is 10.0 Å². The molecule has 2 rings (SSSR count). The molecule has 0 amide bonds. The molecular formula is C10H12ClFN2O2S. The summed E-state index contributed by atoms with van der Waals surface area (Å²) in [6.45, 7) is 0.427. The molecule has 0 saturated carbocycles. The molecule has 1 atom stereocenters. The first-order chi connectivity index (χ1) is 8.05. The first-order valence-corrected chi connectivity index (χ1v) is 7.21. The zero-order chi connectivity index (χ0) is 12.5. The molecule has 0 N–H and O–H groups in total. The summed E-state index contributed by atoms with van der Waals surface area (Å²) in [5.74, 6) is -0.408. The standard InChI is InChI=1S/C10H12ClFN2O2S/c11-5-9-2-1-3-14(9)17(15,16)10-4-8(12)6-13-7-10/h4,6-7,9H,1-3,5H2/t9-/m1/s1. The van der Waals surface area contributed by atoms with Gasteiger partial charge in [0.15, 0.2) is 0 Å². The summed E-state index contributed by atoms with van der Waals surface area (Å²) >= 11 is 5.73. The quantitative estimate of drug-likeness (QED) is 0.790. The number of hydrogen-bond donors (Lipinski definition) is 0. The highest BCUT2D eigenvalue weighted by molar-refractivity contribution is 7.89. The molecule has 1 saturated heterocycles. The summed E-state index contributed by atoms with van der Waals surface area (Å²) in [6, 6.07) is 0.774. The predicted octanol–water partition coefficient (Wildman–Crippen LogP) is 1.61. The van der Waals surface area contributed by atoms with Gasteiger partial charge in [-0.25, -0.2) is 12.8 Å². The first kappa shape index (κ1) is 12.7. The number of pyridine rings is 1. The minimum atomic E-state index is -3.68. The Morgan fingerprint density at radius 1 is 1.53 bits per heavy atom. The largest absolute Gasteiger partial charge is 0.260 e. The second kappa shape index (κ2) is 4.88. The molecule has 2 heterocycles. The lowest BCUT2D eigenvalue weighted by Crippen LogP contribution is -2.36. The third kappa shape index (κ3) is 2.43. The van der Waals surface area contributed by atoms with Crippen LogP contribution in [0.25, 0.3) is 0 Å². The Labute approximate surface area is 104 Å². The van der Waals surface area contributed by atoms with Crippen molar-refractivity contribution >= 4 is 21.6 Å². The number of aromatic nitrogens is 1. The van der Waals surface area contributed by atoms with Gasteiger partial charge in [-0.15, -0.1) is 11.6 Å². The van der Waals surface area contributed by atoms with Gasteiger partial charge in [-0.1, -0.05) is 0 Å². The Morgan fingerprint density at radius 2 is 2.29 bits per heavy atom. The van der Waals surface area contributed by atoms with Crippen LogP contribution >= 0.6 is 11.6 Å². The lowest BCUT2D eigenvalue weighted by atomic mass is 10.3. The average Bonchev–Trinajstić information content (AvgIpc) is 2.77. The lowest BCUT2D eigenvalue weighted by molar-refractivity contribution is 0.410. The lowest BCUT2D eigenvalue weighted by Gasteiger charge is -2.21. The number of halogens is 2. The molecule has 7 heteroatoms. The van der Waals surface area contributed by atoms with Gasteiger partial charge < -0.3 is 0 Å². The molecule has 1 aromatic rings. The molecule has 0 spiro atoms. The number of rotatable bonds is 3. The molecule has 0 radical (unpaired) electrons. The third-order valence-electron chi connectivity index (χ3n) is 2.79. The Morgan fingerprint density at radius 3 is 2.94 bits per heavy atom. The third-order valence-corrected chi connectivity index (χ3v) is 5.06. The summed E-state index contributed by atoms with van der Waals surface area (Å²) in [4.78, 5) is 3.44. The Balaban J connectivity index is 2.36. The SMILES string of the molecule is O=S(=O)(c1cncc(F)c1)N1CCC[C@@H]1CCl. The Hall–Kier alpha value is -0.720. The summed E-state index contributed by atoms with van der Waals surface area (Å²) in [5.41, 5.74) is 0. The van der Waals surface area contributed by atoms with Crippen molar-refractivity contribution in [2.45, 2.75) is 23.8 Å². The summed E-state index contributed by atoms with van der Waals surface area (Å²) in [5, 5.41) is 0. The van der Waals surface area contributed by atoms with Crippen LogP contribution in [-0.2, 0) is 10.0 Å². The van der Waals surface area contributed by atoms with Crippen LogP contribution in [-0.4, -0.2) is 36.2 Å². The van der Waals surface area contributed by atoms with Crippen LogP contribution in [0.4, 0.5) is 4.39 Å². The molecule has 0 aromatic carbocycles. The summed E-state index contributed by atoms with van der Waals surface area (Å²) in [7, 11) is -3.68. The van der Waals surface area contributed by atoms with E-state index in [1.54, 1.807) is 0 Å². The fourth-order valence-corrected chi connectivity index (χ4v) is 4.02. The van der Waals surface area contributed by atoms with Crippen molar-refractivity contribution in [2.24, 2.45) is 0 Å². The van der Waals surface area contributed by atoms with Crippen LogP contribution in [0.3, 0.4) is 0 Å². The first-order valence-electron chi connectivity index (χ1n) is 5.24. The number of nitrogens with zero attached hydrogens (tertiary/aromatic N) is 2. The molecule has 1 fully saturated rings. The highest BCUT2D eigenvalue weighted by atomic mass is 35.5. The molecule has 1 aromatic heterocycles. The van der Waals surface area contributed by atoms with Gasteiger partial charge in [-0.2, -0.15) is 4.31 Å². The van der Waals surface area contributed by atoms with Gasteiger partial charge in [0.1, 0.15) is 10.7 Å². The van der Waals surface area contributed by atoms with Crippen LogP contribution in [0, 0.1) is 5.82 Å². The minimum absolute atomic E-state index is 0.116. The van der Waals surface area contributed by atoms with Crippen molar-refractivity contribution in [1.82, 2.24) is 9.29 Å². The highest BCUT2D eigenvalue weighted by Gasteiger charge is 2.34. The van der Waals surface area contributed by atoms with Crippen molar-refractivity contribution in [2.75, 3.05) is 12.4 Å². The van der Waals surface area contributed by atoms with Crippen molar-refractivity contribution in [3.05, 3.63) is 24.3 Å². The monoisotopic (exact) mass is 278 g/mol. The molecule has 0 unspecified atom stereocenters. The van der Waals surface area contributed by atoms with E-state index < -0.39 is 15.8 Å². The van der Waals surface area contributed by atoms with E-state index in [0.29, 0.717) is 6.54 Å². The zero-order valence-corrected chi connectivity index (χ0v) is 10.6. The topological polar surface area (TPSA) is 50.3 Å². The molecule has 1 aliphatic heterocycles. The van der Waals surface area contributed by atoms with Crippen molar-refractivity contribution in [3.8, 4) is 0 Å². The normalized spacial score (nSPS) is 21.9. The number of alkyl halides is 1. The smallest absolute Gasteiger partial charge is 0.245 e. The molecule has 4 nitrogen and oxygen atoms in total. The molecule has 0 aliphatic carbocycles. The fourth-order valence-electron chi connectivity index (χ4n) is 1.95. The van der Waals surface area contributed by atoms with Gasteiger partial charge in [-0.3, -0.25) is 4.98 Å². The summed E-state index contributed by atoms with van der Waals surface area (Å²) < 4.78 is 38.8. The maximum absolute atomic E-state index is 13.0. The molecule has 17 heavy (non-hydrogen) atoms. The average molecular weight is 279 g/mol. The molecule has 94 valence electrons. The van der Waals surface area contributed by atoms with E-state index >= 15 is 0 Å². The van der Waals surface area contributed by atoms with Gasteiger partial charge in [0.05, 0.1) is 6.20 Å². The van der Waals surface area contributed by atoms with Gasteiger partial charge >= 0.3 is 0 Å². The predicted molar refractivity (Wildman–Crippen MR) is 61.8 cm³/mol. The van der Waals surface area contributed by atoms with Crippen molar-refractivity contribution in [3.63, 3.8) is 0 Å². The van der Waals surface area contributed by atoms with Gasteiger partial charge in [-0.05, 0) is 18.9 Å². The van der Waals surface area contributed by atoms with Crippen LogP contribution in [0.15, 0.2) is 23.4 Å². The van der Waals surface area contributed by atoms with Gasteiger partial charge in [0.25, 0.3) is 0 Å². The van der Waals surface area contributed by atoms with E-state index in [1.807, 2.05) is 0 Å². The maximum Gasteiger partial charge on any atom is 0.245 e. The number of sulfonamides is 1. The van der Waals surface area contributed by atoms with E-state index in [2.05, 4.69) is 4.98 Å². The van der Waals surface area contributed by atoms with Crippen LogP contribution in [0.5, 0.6) is 0 Å². The Bertz CT molecular complexity index is 509. The van der Waals surface area contributed by atoms with Crippen molar-refractivity contribution in [1.29, 1.82) is 0 Å². The molecular weight excluding hydrogens is 267 g/mol. The van der Waals surface area contributed by atoms with E-state index in [9.17, 15) is 12.8 Å². The zero-order valence-electron chi connectivity index (χ0n) is 9.01. The van der Waals surface area contributed by atoms with E-state index in [4.69, 9.17) is 11.6 Å². The van der Waals surface area contributed by atoms with Crippen LogP contribution in [0.2, 0.25) is 0 Å². The molecule has 1 aliphatic rings. The van der Waals surface area contributed by atoms with E-state index in [1.165, 1.54) is 4.31 Å². The minimum Gasteiger partial charge on any atom is -0.260 e. The van der Waals surface area contributed by atoms with Crippen LogP contribution < -0.4 is 0 Å². The van der Waals surface area contributed by atoms with Crippen molar-refractivity contribution < 1.29 is 12.8 Å². The summed E-state index contributed by atoms with van der Waals surface area (Å²) in [6.07, 6.45) is 3.65. The van der Waals surface area contributed by atoms with Gasteiger partial charge in [0, 0.05) is 24.7 Å². The molecule has 0 bridgehead atoms. The van der Waals surface area contributed by atoms with Crippen LogP contribution in [0.1, 0.15) is 12.8 Å².